The summed E-state index contributed by atoms with van der Waals surface area (Å²) in [7, 11) is 0.205. The molecule has 1 amide bonds. The summed E-state index contributed by atoms with van der Waals surface area (Å²) in [6, 6.07) is 0. The van der Waals surface area contributed by atoms with Crippen LogP contribution in [0.15, 0.2) is 11.5 Å². The SMILES string of the molecule is Cc1sc(NC(=O)C[S@@](=O)c2nncn2C)c(C)c1C. The van der Waals surface area contributed by atoms with Crippen molar-refractivity contribution in [2.24, 2.45) is 7.05 Å². The second kappa shape index (κ2) is 5.84. The smallest absolute Gasteiger partial charge is 0.238 e. The molecule has 8 heteroatoms. The van der Waals surface area contributed by atoms with Gasteiger partial charge in [0.1, 0.15) is 22.9 Å². The van der Waals surface area contributed by atoms with Gasteiger partial charge in [0.2, 0.25) is 11.1 Å². The average molecular weight is 312 g/mol. The van der Waals surface area contributed by atoms with E-state index < -0.39 is 10.8 Å². The summed E-state index contributed by atoms with van der Waals surface area (Å²) in [5, 5.41) is 11.3. The van der Waals surface area contributed by atoms with Gasteiger partial charge in [0.05, 0.1) is 5.00 Å². The van der Waals surface area contributed by atoms with E-state index in [2.05, 4.69) is 15.5 Å². The Morgan fingerprint density at radius 1 is 1.40 bits per heavy atom. The molecular formula is C12H16N4O2S2. The van der Waals surface area contributed by atoms with E-state index in [1.54, 1.807) is 11.6 Å². The minimum absolute atomic E-state index is 0.123. The van der Waals surface area contributed by atoms with E-state index in [1.165, 1.54) is 28.1 Å². The molecular weight excluding hydrogens is 296 g/mol. The summed E-state index contributed by atoms with van der Waals surface area (Å²) in [6.07, 6.45) is 1.46. The highest BCUT2D eigenvalue weighted by atomic mass is 32.2. The standard InChI is InChI=1S/C12H16N4O2S2/c1-7-8(2)11(19-9(7)3)14-10(17)5-20(18)12-15-13-6-16(12)4/h6H,5H2,1-4H3,(H,14,17)/t20-/m1/s1. The number of anilines is 1. The lowest BCUT2D eigenvalue weighted by Crippen LogP contribution is -2.20. The maximum absolute atomic E-state index is 12.0. The Morgan fingerprint density at radius 3 is 2.60 bits per heavy atom. The van der Waals surface area contributed by atoms with Gasteiger partial charge in [-0.1, -0.05) is 0 Å². The Balaban J connectivity index is 2.04. The summed E-state index contributed by atoms with van der Waals surface area (Å²) < 4.78 is 13.6. The van der Waals surface area contributed by atoms with Crippen molar-refractivity contribution in [3.63, 3.8) is 0 Å². The first-order valence-electron chi connectivity index (χ1n) is 5.99. The predicted molar refractivity (Wildman–Crippen MR) is 79.4 cm³/mol. The molecule has 0 aromatic carbocycles. The predicted octanol–water partition coefficient (Wildman–Crippen LogP) is 1.55. The molecule has 0 aliphatic rings. The lowest BCUT2D eigenvalue weighted by Gasteiger charge is -2.04. The fraction of sp³-hybridized carbons (Fsp3) is 0.417. The molecule has 0 spiro atoms. The Hall–Kier alpha value is -1.54. The molecule has 0 saturated carbocycles. The van der Waals surface area contributed by atoms with Crippen molar-refractivity contribution in [3.05, 3.63) is 22.3 Å². The van der Waals surface area contributed by atoms with Gasteiger partial charge in [-0.2, -0.15) is 0 Å². The molecule has 2 rings (SSSR count). The zero-order chi connectivity index (χ0) is 14.9. The third-order valence-corrected chi connectivity index (χ3v) is 5.60. The molecule has 2 aromatic rings. The van der Waals surface area contributed by atoms with Crippen LogP contribution in [0, 0.1) is 20.8 Å². The van der Waals surface area contributed by atoms with E-state index in [4.69, 9.17) is 0 Å². The Kier molecular flexibility index (Phi) is 4.34. The minimum Gasteiger partial charge on any atom is -0.317 e. The number of amides is 1. The number of hydrogen-bond donors (Lipinski definition) is 1. The monoisotopic (exact) mass is 312 g/mol. The molecule has 0 fully saturated rings. The molecule has 0 bridgehead atoms. The number of hydrogen-bond acceptors (Lipinski definition) is 5. The minimum atomic E-state index is -1.49. The largest absolute Gasteiger partial charge is 0.317 e. The molecule has 6 nitrogen and oxygen atoms in total. The fourth-order valence-corrected chi connectivity index (χ4v) is 3.71. The molecule has 2 aromatic heterocycles. The van der Waals surface area contributed by atoms with E-state index in [-0.39, 0.29) is 11.7 Å². The van der Waals surface area contributed by atoms with Crippen molar-refractivity contribution >= 4 is 33.0 Å². The van der Waals surface area contributed by atoms with E-state index in [0.29, 0.717) is 5.16 Å². The number of aryl methyl sites for hydroxylation is 2. The van der Waals surface area contributed by atoms with Gasteiger partial charge in [-0.25, -0.2) is 0 Å². The van der Waals surface area contributed by atoms with Crippen molar-refractivity contribution < 1.29 is 9.00 Å². The lowest BCUT2D eigenvalue weighted by molar-refractivity contribution is -0.113. The van der Waals surface area contributed by atoms with Crippen LogP contribution in [0.25, 0.3) is 0 Å². The second-order valence-corrected chi connectivity index (χ2v) is 7.07. The number of thiophene rings is 1. The molecule has 0 saturated heterocycles. The van der Waals surface area contributed by atoms with Crippen LogP contribution in [0.2, 0.25) is 0 Å². The van der Waals surface area contributed by atoms with Crippen molar-refractivity contribution in [3.8, 4) is 0 Å². The van der Waals surface area contributed by atoms with Crippen molar-refractivity contribution in [2.75, 3.05) is 11.1 Å². The van der Waals surface area contributed by atoms with Crippen LogP contribution in [0.3, 0.4) is 0 Å². The number of nitrogens with one attached hydrogen (secondary N) is 1. The van der Waals surface area contributed by atoms with Gasteiger partial charge in [-0.05, 0) is 31.9 Å². The van der Waals surface area contributed by atoms with E-state index in [9.17, 15) is 9.00 Å². The third kappa shape index (κ3) is 2.96. The number of rotatable bonds is 4. The lowest BCUT2D eigenvalue weighted by atomic mass is 10.2. The average Bonchev–Trinajstić information content (AvgIpc) is 2.90. The summed E-state index contributed by atoms with van der Waals surface area (Å²) in [5.41, 5.74) is 2.24. The molecule has 2 heterocycles. The number of carbonyl (C=O) groups is 1. The first-order valence-corrected chi connectivity index (χ1v) is 8.12. The van der Waals surface area contributed by atoms with Crippen LogP contribution >= 0.6 is 11.3 Å². The molecule has 0 unspecified atom stereocenters. The first-order chi connectivity index (χ1) is 9.40. The van der Waals surface area contributed by atoms with Gasteiger partial charge in [0, 0.05) is 11.9 Å². The van der Waals surface area contributed by atoms with Crippen molar-refractivity contribution in [1.29, 1.82) is 0 Å². The van der Waals surface area contributed by atoms with Crippen molar-refractivity contribution in [2.45, 2.75) is 25.9 Å². The normalized spacial score (nSPS) is 12.4. The molecule has 0 aliphatic heterocycles. The summed E-state index contributed by atoms with van der Waals surface area (Å²) in [6.45, 7) is 6.00. The Labute approximate surface area is 123 Å². The van der Waals surface area contributed by atoms with E-state index >= 15 is 0 Å². The topological polar surface area (TPSA) is 76.9 Å². The number of carbonyl (C=O) groups excluding carboxylic acids is 1. The van der Waals surface area contributed by atoms with Crippen LogP contribution in [0.1, 0.15) is 16.0 Å². The Morgan fingerprint density at radius 2 is 2.10 bits per heavy atom. The van der Waals surface area contributed by atoms with Gasteiger partial charge < -0.3 is 9.88 Å². The van der Waals surface area contributed by atoms with Crippen LogP contribution < -0.4 is 5.32 Å². The molecule has 108 valence electrons. The Bertz CT molecular complexity index is 675. The number of aromatic nitrogens is 3. The number of nitrogens with zero attached hydrogens (tertiary/aromatic N) is 3. The highest BCUT2D eigenvalue weighted by Crippen LogP contribution is 2.31. The summed E-state index contributed by atoms with van der Waals surface area (Å²) >= 11 is 1.53. The fourth-order valence-electron chi connectivity index (χ4n) is 1.68. The molecule has 0 radical (unpaired) electrons. The maximum atomic E-state index is 12.0. The molecule has 20 heavy (non-hydrogen) atoms. The maximum Gasteiger partial charge on any atom is 0.238 e. The zero-order valence-electron chi connectivity index (χ0n) is 11.8. The van der Waals surface area contributed by atoms with Crippen LogP contribution in [-0.2, 0) is 22.6 Å². The zero-order valence-corrected chi connectivity index (χ0v) is 13.4. The molecule has 1 atom stereocenters. The molecule has 0 aliphatic carbocycles. The quantitative estimate of drug-likeness (QED) is 0.929. The second-order valence-electron chi connectivity index (χ2n) is 4.50. The van der Waals surface area contributed by atoms with Gasteiger partial charge >= 0.3 is 0 Å². The molecule has 1 N–H and O–H groups in total. The van der Waals surface area contributed by atoms with Crippen LogP contribution in [0.4, 0.5) is 5.00 Å². The van der Waals surface area contributed by atoms with E-state index in [0.717, 1.165) is 10.6 Å². The van der Waals surface area contributed by atoms with Gasteiger partial charge in [-0.15, -0.1) is 21.5 Å². The summed E-state index contributed by atoms with van der Waals surface area (Å²) in [4.78, 5) is 13.1. The first kappa shape index (κ1) is 14.9. The summed E-state index contributed by atoms with van der Waals surface area (Å²) in [5.74, 6) is -0.405. The van der Waals surface area contributed by atoms with Crippen molar-refractivity contribution in [1.82, 2.24) is 14.8 Å². The van der Waals surface area contributed by atoms with Gasteiger partial charge in [0.25, 0.3) is 0 Å². The van der Waals surface area contributed by atoms with Gasteiger partial charge in [-0.3, -0.25) is 9.00 Å². The van der Waals surface area contributed by atoms with E-state index in [1.807, 2.05) is 20.8 Å². The van der Waals surface area contributed by atoms with Crippen LogP contribution in [-0.4, -0.2) is 30.6 Å². The third-order valence-electron chi connectivity index (χ3n) is 3.07. The van der Waals surface area contributed by atoms with Gasteiger partial charge in [0.15, 0.2) is 0 Å². The van der Waals surface area contributed by atoms with Crippen LogP contribution in [0.5, 0.6) is 0 Å². The highest BCUT2D eigenvalue weighted by molar-refractivity contribution is 7.85. The highest BCUT2D eigenvalue weighted by Gasteiger charge is 2.17.